The molecule has 0 atom stereocenters. The smallest absolute Gasteiger partial charge is 0.251 e. The summed E-state index contributed by atoms with van der Waals surface area (Å²) in [5.41, 5.74) is 1.79. The minimum Gasteiger partial charge on any atom is -0.354 e. The van der Waals surface area contributed by atoms with Gasteiger partial charge in [0.2, 0.25) is 11.8 Å². The lowest BCUT2D eigenvalue weighted by atomic mass is 9.84. The van der Waals surface area contributed by atoms with Crippen LogP contribution < -0.4 is 15.5 Å². The Morgan fingerprint density at radius 1 is 1.03 bits per heavy atom. The number of halogens is 2. The lowest BCUT2D eigenvalue weighted by Crippen LogP contribution is -2.42. The molecule has 8 heteroatoms. The molecule has 3 amide bonds. The van der Waals surface area contributed by atoms with Crippen molar-refractivity contribution in [2.24, 2.45) is 0 Å². The number of hydrogen-bond acceptors (Lipinski definition) is 3. The van der Waals surface area contributed by atoms with Crippen molar-refractivity contribution in [3.8, 4) is 0 Å². The molecule has 1 aliphatic heterocycles. The minimum absolute atomic E-state index is 0.0951. The first-order valence-electron chi connectivity index (χ1n) is 10.1. The molecule has 31 heavy (non-hydrogen) atoms. The third-order valence-electron chi connectivity index (χ3n) is 5.35. The van der Waals surface area contributed by atoms with Crippen molar-refractivity contribution in [3.63, 3.8) is 0 Å². The minimum atomic E-state index is -0.364. The van der Waals surface area contributed by atoms with Crippen molar-refractivity contribution < 1.29 is 14.4 Å². The fourth-order valence-electron chi connectivity index (χ4n) is 3.38. The predicted molar refractivity (Wildman–Crippen MR) is 123 cm³/mol. The van der Waals surface area contributed by atoms with E-state index in [1.54, 1.807) is 41.3 Å². The van der Waals surface area contributed by atoms with Crippen molar-refractivity contribution in [2.45, 2.75) is 32.1 Å². The van der Waals surface area contributed by atoms with Gasteiger partial charge < -0.3 is 15.5 Å². The Labute approximate surface area is 191 Å². The second-order valence-corrected chi connectivity index (χ2v) is 8.98. The zero-order valence-corrected chi connectivity index (χ0v) is 19.0. The lowest BCUT2D eigenvalue weighted by molar-refractivity contribution is -0.120. The highest BCUT2D eigenvalue weighted by molar-refractivity contribution is 6.42. The summed E-state index contributed by atoms with van der Waals surface area (Å²) >= 11 is 12.1. The fraction of sp³-hybridized carbons (Fsp3) is 0.348. The standard InChI is InChI=1S/C23H25Cl2N3O3/c1-23(2,16-7-10-18(24)19(25)12-16)14-27-20(29)13-26-22(31)15-5-8-17(9-6-15)28-11-3-4-21(28)30/h5-10,12H,3-4,11,13-14H2,1-2H3,(H,26,31)(H,27,29). The zero-order chi connectivity index (χ0) is 22.6. The van der Waals surface area contributed by atoms with Gasteiger partial charge in [0, 0.05) is 36.2 Å². The van der Waals surface area contributed by atoms with Gasteiger partial charge in [0.05, 0.1) is 16.6 Å². The number of carbonyl (C=O) groups excluding carboxylic acids is 3. The summed E-state index contributed by atoms with van der Waals surface area (Å²) in [7, 11) is 0. The van der Waals surface area contributed by atoms with Gasteiger partial charge in [-0.25, -0.2) is 0 Å². The van der Waals surface area contributed by atoms with Crippen LogP contribution in [0.15, 0.2) is 42.5 Å². The Hall–Kier alpha value is -2.57. The van der Waals surface area contributed by atoms with Crippen LogP contribution in [0.5, 0.6) is 0 Å². The largest absolute Gasteiger partial charge is 0.354 e. The number of nitrogens with zero attached hydrogens (tertiary/aromatic N) is 1. The van der Waals surface area contributed by atoms with E-state index >= 15 is 0 Å². The normalized spacial score (nSPS) is 13.9. The van der Waals surface area contributed by atoms with E-state index < -0.39 is 0 Å². The molecule has 1 fully saturated rings. The van der Waals surface area contributed by atoms with Crippen LogP contribution in [0, 0.1) is 0 Å². The van der Waals surface area contributed by atoms with E-state index in [0.717, 1.165) is 17.7 Å². The van der Waals surface area contributed by atoms with Crippen LogP contribution in [0.1, 0.15) is 42.6 Å². The maximum atomic E-state index is 12.3. The quantitative estimate of drug-likeness (QED) is 0.654. The molecule has 0 bridgehead atoms. The molecule has 0 unspecified atom stereocenters. The third kappa shape index (κ3) is 5.77. The van der Waals surface area contributed by atoms with Crippen LogP contribution in [0.2, 0.25) is 10.0 Å². The van der Waals surface area contributed by atoms with E-state index in [9.17, 15) is 14.4 Å². The number of hydrogen-bond donors (Lipinski definition) is 2. The Morgan fingerprint density at radius 3 is 2.35 bits per heavy atom. The maximum absolute atomic E-state index is 12.3. The van der Waals surface area contributed by atoms with Gasteiger partial charge in [-0.15, -0.1) is 0 Å². The number of nitrogens with one attached hydrogen (secondary N) is 2. The van der Waals surface area contributed by atoms with Gasteiger partial charge in [-0.1, -0.05) is 43.1 Å². The highest BCUT2D eigenvalue weighted by atomic mass is 35.5. The van der Waals surface area contributed by atoms with Gasteiger partial charge in [-0.05, 0) is 48.4 Å². The van der Waals surface area contributed by atoms with E-state index in [4.69, 9.17) is 23.2 Å². The highest BCUT2D eigenvalue weighted by Gasteiger charge is 2.23. The van der Waals surface area contributed by atoms with Crippen LogP contribution in [0.4, 0.5) is 5.69 Å². The summed E-state index contributed by atoms with van der Waals surface area (Å²) in [5.74, 6) is -0.545. The molecule has 0 radical (unpaired) electrons. The fourth-order valence-corrected chi connectivity index (χ4v) is 3.68. The molecule has 1 aliphatic rings. The first-order valence-corrected chi connectivity index (χ1v) is 10.8. The molecular weight excluding hydrogens is 437 g/mol. The van der Waals surface area contributed by atoms with Crippen LogP contribution in [-0.2, 0) is 15.0 Å². The summed E-state index contributed by atoms with van der Waals surface area (Å²) < 4.78 is 0. The number of anilines is 1. The van der Waals surface area contributed by atoms with Crippen LogP contribution in [-0.4, -0.2) is 37.4 Å². The Balaban J connectivity index is 1.49. The monoisotopic (exact) mass is 461 g/mol. The summed E-state index contributed by atoms with van der Waals surface area (Å²) in [6.07, 6.45) is 1.40. The molecular formula is C23H25Cl2N3O3. The molecule has 2 aromatic carbocycles. The average Bonchev–Trinajstić information content (AvgIpc) is 3.18. The van der Waals surface area contributed by atoms with Crippen molar-refractivity contribution in [3.05, 3.63) is 63.6 Å². The molecule has 0 aromatic heterocycles. The van der Waals surface area contributed by atoms with E-state index in [1.165, 1.54) is 0 Å². The maximum Gasteiger partial charge on any atom is 0.251 e. The summed E-state index contributed by atoms with van der Waals surface area (Å²) in [5, 5.41) is 6.40. The first-order chi connectivity index (χ1) is 14.7. The summed E-state index contributed by atoms with van der Waals surface area (Å²) in [4.78, 5) is 38.1. The molecule has 0 spiro atoms. The molecule has 1 saturated heterocycles. The number of carbonyl (C=O) groups is 3. The lowest BCUT2D eigenvalue weighted by Gasteiger charge is -2.26. The zero-order valence-electron chi connectivity index (χ0n) is 17.5. The topological polar surface area (TPSA) is 78.5 Å². The second kappa shape index (κ2) is 9.71. The molecule has 2 N–H and O–H groups in total. The number of benzene rings is 2. The summed E-state index contributed by atoms with van der Waals surface area (Å²) in [6.45, 7) is 4.90. The highest BCUT2D eigenvalue weighted by Crippen LogP contribution is 2.29. The van der Waals surface area contributed by atoms with Crippen LogP contribution in [0.3, 0.4) is 0 Å². The van der Waals surface area contributed by atoms with Gasteiger partial charge in [-0.2, -0.15) is 0 Å². The average molecular weight is 462 g/mol. The Morgan fingerprint density at radius 2 is 1.74 bits per heavy atom. The van der Waals surface area contributed by atoms with Gasteiger partial charge in [-0.3, -0.25) is 14.4 Å². The van der Waals surface area contributed by atoms with Gasteiger partial charge in [0.15, 0.2) is 0 Å². The molecule has 0 saturated carbocycles. The van der Waals surface area contributed by atoms with Crippen molar-refractivity contribution >= 4 is 46.6 Å². The van der Waals surface area contributed by atoms with Gasteiger partial charge in [0.25, 0.3) is 5.91 Å². The van der Waals surface area contributed by atoms with E-state index in [0.29, 0.717) is 35.1 Å². The van der Waals surface area contributed by atoms with Crippen molar-refractivity contribution in [2.75, 3.05) is 24.5 Å². The SMILES string of the molecule is CC(C)(CNC(=O)CNC(=O)c1ccc(N2CCCC2=O)cc1)c1ccc(Cl)c(Cl)c1. The number of rotatable bonds is 7. The molecule has 164 valence electrons. The van der Waals surface area contributed by atoms with E-state index in [-0.39, 0.29) is 29.7 Å². The first kappa shape index (κ1) is 23.1. The molecule has 6 nitrogen and oxygen atoms in total. The molecule has 2 aromatic rings. The second-order valence-electron chi connectivity index (χ2n) is 8.17. The molecule has 0 aliphatic carbocycles. The van der Waals surface area contributed by atoms with Crippen LogP contribution in [0.25, 0.3) is 0 Å². The van der Waals surface area contributed by atoms with Crippen molar-refractivity contribution in [1.82, 2.24) is 10.6 Å². The molecule has 3 rings (SSSR count). The predicted octanol–water partition coefficient (Wildman–Crippen LogP) is 3.94. The van der Waals surface area contributed by atoms with Crippen molar-refractivity contribution in [1.29, 1.82) is 0 Å². The van der Waals surface area contributed by atoms with E-state index in [2.05, 4.69) is 10.6 Å². The van der Waals surface area contributed by atoms with Gasteiger partial charge >= 0.3 is 0 Å². The molecule has 1 heterocycles. The van der Waals surface area contributed by atoms with Gasteiger partial charge in [0.1, 0.15) is 0 Å². The Bertz CT molecular complexity index is 990. The van der Waals surface area contributed by atoms with E-state index in [1.807, 2.05) is 19.9 Å². The summed E-state index contributed by atoms with van der Waals surface area (Å²) in [6, 6.07) is 12.2. The number of amides is 3. The van der Waals surface area contributed by atoms with Crippen LogP contribution >= 0.6 is 23.2 Å². The third-order valence-corrected chi connectivity index (χ3v) is 6.09. The Kier molecular flexibility index (Phi) is 7.23.